The summed E-state index contributed by atoms with van der Waals surface area (Å²) in [7, 11) is 1.85. The largest absolute Gasteiger partial charge is 0.340 e. The van der Waals surface area contributed by atoms with E-state index in [4.69, 9.17) is 11.6 Å². The maximum atomic E-state index is 12.5. The van der Waals surface area contributed by atoms with Crippen LogP contribution in [0.3, 0.4) is 0 Å². The second-order valence-corrected chi connectivity index (χ2v) is 5.96. The molecule has 0 saturated heterocycles. The van der Waals surface area contributed by atoms with Crippen LogP contribution in [0.2, 0.25) is 5.02 Å². The molecular weight excluding hydrogens is 352 g/mol. The molecule has 1 amide bonds. The summed E-state index contributed by atoms with van der Waals surface area (Å²) in [6, 6.07) is 14.9. The van der Waals surface area contributed by atoms with Crippen LogP contribution in [0.15, 0.2) is 53.0 Å². The topological polar surface area (TPSA) is 34.0 Å². The molecule has 3 rings (SSSR count). The number of nitrogens with zero attached hydrogens (tertiary/aromatic N) is 1. The summed E-state index contributed by atoms with van der Waals surface area (Å²) >= 11 is 9.60. The predicted octanol–water partition coefficient (Wildman–Crippen LogP) is 4.85. The number of rotatable bonds is 2. The Balaban J connectivity index is 2.01. The third-order valence-electron chi connectivity index (χ3n) is 3.39. The van der Waals surface area contributed by atoms with E-state index in [9.17, 15) is 4.79 Å². The summed E-state index contributed by atoms with van der Waals surface area (Å²) in [5.74, 6) is -0.170. The monoisotopic (exact) mass is 362 g/mol. The Morgan fingerprint density at radius 2 is 1.95 bits per heavy atom. The molecule has 0 aliphatic heterocycles. The minimum absolute atomic E-state index is 0.170. The number of halogens is 2. The average molecular weight is 364 g/mol. The van der Waals surface area contributed by atoms with Crippen LogP contribution < -0.4 is 5.32 Å². The van der Waals surface area contributed by atoms with Gasteiger partial charge in [0.05, 0.1) is 5.69 Å². The van der Waals surface area contributed by atoms with E-state index in [1.165, 1.54) is 0 Å². The first-order valence-corrected chi connectivity index (χ1v) is 7.55. The van der Waals surface area contributed by atoms with Gasteiger partial charge in [-0.3, -0.25) is 4.79 Å². The van der Waals surface area contributed by atoms with Gasteiger partial charge in [-0.15, -0.1) is 0 Å². The quantitative estimate of drug-likeness (QED) is 0.694. The molecule has 3 nitrogen and oxygen atoms in total. The molecule has 5 heteroatoms. The summed E-state index contributed by atoms with van der Waals surface area (Å²) in [5.41, 5.74) is 2.23. The highest BCUT2D eigenvalue weighted by atomic mass is 79.9. The predicted molar refractivity (Wildman–Crippen MR) is 90.0 cm³/mol. The van der Waals surface area contributed by atoms with Gasteiger partial charge in [0, 0.05) is 27.4 Å². The molecule has 0 spiro atoms. The molecule has 0 fully saturated rings. The number of amides is 1. The second-order valence-electron chi connectivity index (χ2n) is 4.70. The Labute approximate surface area is 135 Å². The van der Waals surface area contributed by atoms with Gasteiger partial charge in [0.2, 0.25) is 0 Å². The van der Waals surface area contributed by atoms with E-state index in [-0.39, 0.29) is 5.91 Å². The zero-order valence-electron chi connectivity index (χ0n) is 11.2. The number of benzene rings is 2. The third-order valence-corrected chi connectivity index (χ3v) is 4.41. The van der Waals surface area contributed by atoms with Crippen molar-refractivity contribution >= 4 is 50.0 Å². The molecule has 0 radical (unpaired) electrons. The maximum absolute atomic E-state index is 12.5. The van der Waals surface area contributed by atoms with Crippen LogP contribution in [0, 0.1) is 0 Å². The number of aryl methyl sites for hydroxylation is 1. The Hall–Kier alpha value is -1.78. The van der Waals surface area contributed by atoms with E-state index in [1.807, 2.05) is 60.1 Å². The van der Waals surface area contributed by atoms with Crippen molar-refractivity contribution in [1.82, 2.24) is 4.57 Å². The van der Waals surface area contributed by atoms with Crippen molar-refractivity contribution in [3.05, 3.63) is 63.7 Å². The summed E-state index contributed by atoms with van der Waals surface area (Å²) in [6.45, 7) is 0. The van der Waals surface area contributed by atoms with Gasteiger partial charge in [-0.1, -0.05) is 29.8 Å². The first-order valence-electron chi connectivity index (χ1n) is 6.38. The fraction of sp³-hybridized carbons (Fsp3) is 0.0625. The normalized spacial score (nSPS) is 10.8. The van der Waals surface area contributed by atoms with Crippen molar-refractivity contribution in [2.45, 2.75) is 0 Å². The minimum atomic E-state index is -0.170. The molecule has 3 aromatic rings. The highest BCUT2D eigenvalue weighted by Crippen LogP contribution is 2.27. The molecule has 1 N–H and O–H groups in total. The highest BCUT2D eigenvalue weighted by Gasteiger charge is 2.15. The fourth-order valence-electron chi connectivity index (χ4n) is 2.29. The number of nitrogens with one attached hydrogen (secondary N) is 1. The number of anilines is 1. The standard InChI is InChI=1S/C16H12BrClN2O/c1-20-14-8-4-6-12(18)10(14)9-15(20)16(21)19-13-7-3-2-5-11(13)17/h2-9H,1H3,(H,19,21). The van der Waals surface area contributed by atoms with Crippen molar-refractivity contribution in [2.24, 2.45) is 7.05 Å². The second kappa shape index (κ2) is 5.54. The van der Waals surface area contributed by atoms with Crippen LogP contribution in [0.4, 0.5) is 5.69 Å². The lowest BCUT2D eigenvalue weighted by Gasteiger charge is -2.08. The Bertz CT molecular complexity index is 841. The fourth-order valence-corrected chi connectivity index (χ4v) is 2.90. The average Bonchev–Trinajstić information content (AvgIpc) is 2.81. The van der Waals surface area contributed by atoms with Gasteiger partial charge in [-0.05, 0) is 46.3 Å². The van der Waals surface area contributed by atoms with Gasteiger partial charge in [0.1, 0.15) is 5.69 Å². The highest BCUT2D eigenvalue weighted by molar-refractivity contribution is 9.10. The number of carbonyl (C=O) groups is 1. The molecule has 0 saturated carbocycles. The maximum Gasteiger partial charge on any atom is 0.272 e. The number of para-hydroxylation sites is 1. The lowest BCUT2D eigenvalue weighted by Crippen LogP contribution is -2.15. The van der Waals surface area contributed by atoms with Gasteiger partial charge in [-0.2, -0.15) is 0 Å². The zero-order valence-corrected chi connectivity index (χ0v) is 13.6. The molecule has 0 unspecified atom stereocenters. The molecule has 0 atom stereocenters. The Morgan fingerprint density at radius 1 is 1.19 bits per heavy atom. The van der Waals surface area contributed by atoms with Crippen LogP contribution in [-0.4, -0.2) is 10.5 Å². The van der Waals surface area contributed by atoms with E-state index >= 15 is 0 Å². The van der Waals surface area contributed by atoms with Gasteiger partial charge >= 0.3 is 0 Å². The molecule has 0 bridgehead atoms. The van der Waals surface area contributed by atoms with Gasteiger partial charge in [0.15, 0.2) is 0 Å². The minimum Gasteiger partial charge on any atom is -0.340 e. The van der Waals surface area contributed by atoms with Crippen molar-refractivity contribution in [2.75, 3.05) is 5.32 Å². The lowest BCUT2D eigenvalue weighted by atomic mass is 10.2. The SMILES string of the molecule is Cn1c(C(=O)Nc2ccccc2Br)cc2c(Cl)cccc21. The smallest absolute Gasteiger partial charge is 0.272 e. The van der Waals surface area contributed by atoms with Crippen molar-refractivity contribution in [3.63, 3.8) is 0 Å². The van der Waals surface area contributed by atoms with Gasteiger partial charge < -0.3 is 9.88 Å². The van der Waals surface area contributed by atoms with Crippen LogP contribution in [0.25, 0.3) is 10.9 Å². The molecule has 21 heavy (non-hydrogen) atoms. The van der Waals surface area contributed by atoms with Crippen LogP contribution >= 0.6 is 27.5 Å². The Morgan fingerprint density at radius 3 is 2.67 bits per heavy atom. The summed E-state index contributed by atoms with van der Waals surface area (Å²) < 4.78 is 2.68. The Kier molecular flexibility index (Phi) is 3.74. The zero-order chi connectivity index (χ0) is 15.0. The number of fused-ring (bicyclic) bond motifs is 1. The van der Waals surface area contributed by atoms with Crippen LogP contribution in [0.5, 0.6) is 0 Å². The molecule has 0 aliphatic carbocycles. The van der Waals surface area contributed by atoms with Gasteiger partial charge in [0.25, 0.3) is 5.91 Å². The molecule has 2 aromatic carbocycles. The van der Waals surface area contributed by atoms with E-state index < -0.39 is 0 Å². The first kappa shape index (κ1) is 14.2. The summed E-state index contributed by atoms with van der Waals surface area (Å²) in [4.78, 5) is 12.5. The van der Waals surface area contributed by atoms with Crippen molar-refractivity contribution in [3.8, 4) is 0 Å². The number of aromatic nitrogens is 1. The number of hydrogen-bond acceptors (Lipinski definition) is 1. The summed E-state index contributed by atoms with van der Waals surface area (Å²) in [5, 5.41) is 4.41. The van der Waals surface area contributed by atoms with E-state index in [0.29, 0.717) is 10.7 Å². The summed E-state index contributed by atoms with van der Waals surface area (Å²) in [6.07, 6.45) is 0. The van der Waals surface area contributed by atoms with E-state index in [0.717, 1.165) is 21.1 Å². The molecule has 1 heterocycles. The number of hydrogen-bond donors (Lipinski definition) is 1. The van der Waals surface area contributed by atoms with Crippen LogP contribution in [-0.2, 0) is 7.05 Å². The van der Waals surface area contributed by atoms with Crippen molar-refractivity contribution < 1.29 is 4.79 Å². The third kappa shape index (κ3) is 2.57. The number of carbonyl (C=O) groups excluding carboxylic acids is 1. The van der Waals surface area contributed by atoms with E-state index in [2.05, 4.69) is 21.2 Å². The molecule has 1 aromatic heterocycles. The molecule has 106 valence electrons. The van der Waals surface area contributed by atoms with Gasteiger partial charge in [-0.25, -0.2) is 0 Å². The molecular formula is C16H12BrClN2O. The lowest BCUT2D eigenvalue weighted by molar-refractivity contribution is 0.101. The first-order chi connectivity index (χ1) is 10.1. The van der Waals surface area contributed by atoms with Crippen LogP contribution in [0.1, 0.15) is 10.5 Å². The molecule has 0 aliphatic rings. The van der Waals surface area contributed by atoms with Crippen molar-refractivity contribution in [1.29, 1.82) is 0 Å². The van der Waals surface area contributed by atoms with E-state index in [1.54, 1.807) is 0 Å².